The summed E-state index contributed by atoms with van der Waals surface area (Å²) in [5.74, 6) is 0. The van der Waals surface area contributed by atoms with Crippen LogP contribution in [0, 0.1) is 0 Å². The van der Waals surface area contributed by atoms with Crippen LogP contribution < -0.4 is 0 Å². The van der Waals surface area contributed by atoms with Crippen LogP contribution in [0.1, 0.15) is 51.1 Å². The molecule has 0 radical (unpaired) electrons. The fourth-order valence-corrected chi connectivity index (χ4v) is 4.96. The van der Waals surface area contributed by atoms with Crippen LogP contribution >= 0.6 is 22.7 Å². The molecule has 0 aliphatic heterocycles. The maximum Gasteiger partial charge on any atom is 0.124 e. The first-order valence-corrected chi connectivity index (χ1v) is 10.9. The van der Waals surface area contributed by atoms with Gasteiger partial charge in [0.25, 0.3) is 0 Å². The second-order valence-corrected chi connectivity index (χ2v) is 9.94. The second kappa shape index (κ2) is 6.75. The molecule has 0 spiro atoms. The minimum Gasteiger partial charge on any atom is -0.241 e. The summed E-state index contributed by atoms with van der Waals surface area (Å²) in [7, 11) is 0. The van der Waals surface area contributed by atoms with Gasteiger partial charge in [0.05, 0.1) is 25.4 Å². The van der Waals surface area contributed by atoms with Gasteiger partial charge in [-0.2, -0.15) is 0 Å². The Morgan fingerprint density at radius 3 is 2.38 bits per heavy atom. The highest BCUT2D eigenvalue weighted by molar-refractivity contribution is 7.21. The van der Waals surface area contributed by atoms with E-state index >= 15 is 0 Å². The van der Waals surface area contributed by atoms with Crippen LogP contribution in [0.3, 0.4) is 0 Å². The Kier molecular flexibility index (Phi) is 4.57. The van der Waals surface area contributed by atoms with Crippen molar-refractivity contribution in [1.29, 1.82) is 0 Å². The molecule has 0 unspecified atom stereocenters. The highest BCUT2D eigenvalue weighted by Gasteiger charge is 2.19. The fourth-order valence-electron chi connectivity index (χ4n) is 3.01. The molecule has 26 heavy (non-hydrogen) atoms. The highest BCUT2D eigenvalue weighted by Crippen LogP contribution is 2.35. The SMILES string of the molecule is CCCCc1ccc2sc(-c3ccc4sc(C(C)(C)C)nc4c3)nc2c1. The van der Waals surface area contributed by atoms with Crippen LogP contribution in [-0.2, 0) is 11.8 Å². The zero-order valence-electron chi connectivity index (χ0n) is 15.8. The Bertz CT molecular complexity index is 1070. The van der Waals surface area contributed by atoms with Crippen molar-refractivity contribution in [2.45, 2.75) is 52.4 Å². The molecule has 0 saturated carbocycles. The fraction of sp³-hybridized carbons (Fsp3) is 0.364. The van der Waals surface area contributed by atoms with Crippen LogP contribution in [0.15, 0.2) is 36.4 Å². The molecule has 0 saturated heterocycles. The maximum atomic E-state index is 4.91. The summed E-state index contributed by atoms with van der Waals surface area (Å²) in [6.07, 6.45) is 3.60. The molecule has 4 heteroatoms. The number of hydrogen-bond donors (Lipinski definition) is 0. The molecule has 4 rings (SSSR count). The van der Waals surface area contributed by atoms with Crippen LogP contribution in [-0.4, -0.2) is 9.97 Å². The summed E-state index contributed by atoms with van der Waals surface area (Å²) in [5, 5.41) is 2.27. The van der Waals surface area contributed by atoms with Crippen molar-refractivity contribution in [3.05, 3.63) is 47.0 Å². The van der Waals surface area contributed by atoms with Crippen LogP contribution in [0.5, 0.6) is 0 Å². The van der Waals surface area contributed by atoms with E-state index in [-0.39, 0.29) is 5.41 Å². The van der Waals surface area contributed by atoms with Gasteiger partial charge in [-0.1, -0.05) is 46.2 Å². The molecule has 4 aromatic rings. The van der Waals surface area contributed by atoms with E-state index in [0.717, 1.165) is 22.5 Å². The maximum absolute atomic E-state index is 4.91. The molecular weight excluding hydrogens is 356 g/mol. The van der Waals surface area contributed by atoms with Crippen molar-refractivity contribution in [1.82, 2.24) is 9.97 Å². The summed E-state index contributed by atoms with van der Waals surface area (Å²) in [5.41, 5.74) is 4.85. The molecule has 2 aromatic carbocycles. The average Bonchev–Trinajstić information content (AvgIpc) is 3.22. The molecule has 0 amide bonds. The van der Waals surface area contributed by atoms with Gasteiger partial charge in [0.15, 0.2) is 0 Å². The lowest BCUT2D eigenvalue weighted by atomic mass is 9.98. The predicted molar refractivity (Wildman–Crippen MR) is 116 cm³/mol. The zero-order chi connectivity index (χ0) is 18.3. The molecule has 2 aromatic heterocycles. The molecule has 134 valence electrons. The molecular formula is C22H24N2S2. The van der Waals surface area contributed by atoms with Crippen molar-refractivity contribution >= 4 is 43.1 Å². The van der Waals surface area contributed by atoms with Crippen molar-refractivity contribution in [3.8, 4) is 10.6 Å². The van der Waals surface area contributed by atoms with Gasteiger partial charge in [0.2, 0.25) is 0 Å². The lowest BCUT2D eigenvalue weighted by Crippen LogP contribution is -2.09. The van der Waals surface area contributed by atoms with Gasteiger partial charge in [-0.15, -0.1) is 22.7 Å². The predicted octanol–water partition coefficient (Wildman–Crippen LogP) is 7.21. The molecule has 0 aliphatic carbocycles. The number of aryl methyl sites for hydroxylation is 1. The average molecular weight is 381 g/mol. The van der Waals surface area contributed by atoms with Gasteiger partial charge in [-0.25, -0.2) is 9.97 Å². The monoisotopic (exact) mass is 380 g/mol. The van der Waals surface area contributed by atoms with E-state index in [9.17, 15) is 0 Å². The number of unbranched alkanes of at least 4 members (excludes halogenated alkanes) is 1. The van der Waals surface area contributed by atoms with Gasteiger partial charge < -0.3 is 0 Å². The molecule has 0 bridgehead atoms. The summed E-state index contributed by atoms with van der Waals surface area (Å²) in [6.45, 7) is 8.89. The van der Waals surface area contributed by atoms with Crippen LogP contribution in [0.4, 0.5) is 0 Å². The molecule has 2 heterocycles. The van der Waals surface area contributed by atoms with Crippen molar-refractivity contribution in [2.75, 3.05) is 0 Å². The highest BCUT2D eigenvalue weighted by atomic mass is 32.1. The van der Waals surface area contributed by atoms with Gasteiger partial charge in [0.1, 0.15) is 5.01 Å². The number of nitrogens with zero attached hydrogens (tertiary/aromatic N) is 2. The third-order valence-corrected chi connectivity index (χ3v) is 7.09. The summed E-state index contributed by atoms with van der Waals surface area (Å²) in [4.78, 5) is 9.78. The quantitative estimate of drug-likeness (QED) is 0.374. The standard InChI is InChI=1S/C22H24N2S2/c1-5-6-7-14-8-10-18-16(12-14)23-20(25-18)15-9-11-19-17(13-15)24-21(26-19)22(2,3)4/h8-13H,5-7H2,1-4H3. The number of fused-ring (bicyclic) bond motifs is 2. The van der Waals surface area contributed by atoms with E-state index in [1.807, 2.05) is 0 Å². The Balaban J connectivity index is 1.72. The smallest absolute Gasteiger partial charge is 0.124 e. The molecule has 0 atom stereocenters. The second-order valence-electron chi connectivity index (χ2n) is 7.88. The van der Waals surface area contributed by atoms with E-state index in [4.69, 9.17) is 9.97 Å². The Labute approximate surface area is 162 Å². The summed E-state index contributed by atoms with van der Waals surface area (Å²) < 4.78 is 2.51. The summed E-state index contributed by atoms with van der Waals surface area (Å²) >= 11 is 3.56. The van der Waals surface area contributed by atoms with Gasteiger partial charge >= 0.3 is 0 Å². The minimum absolute atomic E-state index is 0.0919. The number of rotatable bonds is 4. The molecule has 2 nitrogen and oxygen atoms in total. The number of thiazole rings is 2. The van der Waals surface area contributed by atoms with Crippen LogP contribution in [0.2, 0.25) is 0 Å². The Hall–Kier alpha value is -1.78. The number of benzene rings is 2. The normalized spacial score (nSPS) is 12.3. The molecule has 0 aliphatic rings. The van der Waals surface area contributed by atoms with E-state index in [0.29, 0.717) is 0 Å². The molecule has 0 fully saturated rings. The van der Waals surface area contributed by atoms with E-state index in [1.165, 1.54) is 38.4 Å². The third-order valence-electron chi connectivity index (χ3n) is 4.55. The van der Waals surface area contributed by atoms with Crippen molar-refractivity contribution in [3.63, 3.8) is 0 Å². The van der Waals surface area contributed by atoms with Crippen LogP contribution in [0.25, 0.3) is 31.0 Å². The Morgan fingerprint density at radius 1 is 0.885 bits per heavy atom. The first-order valence-electron chi connectivity index (χ1n) is 9.25. The summed E-state index contributed by atoms with van der Waals surface area (Å²) in [6, 6.07) is 13.3. The van der Waals surface area contributed by atoms with Crippen molar-refractivity contribution < 1.29 is 0 Å². The largest absolute Gasteiger partial charge is 0.241 e. The topological polar surface area (TPSA) is 25.8 Å². The Morgan fingerprint density at radius 2 is 1.62 bits per heavy atom. The third kappa shape index (κ3) is 3.40. The van der Waals surface area contributed by atoms with E-state index < -0.39 is 0 Å². The first kappa shape index (κ1) is 17.6. The van der Waals surface area contributed by atoms with E-state index in [1.54, 1.807) is 22.7 Å². The van der Waals surface area contributed by atoms with Gasteiger partial charge in [0, 0.05) is 11.0 Å². The molecule has 0 N–H and O–H groups in total. The van der Waals surface area contributed by atoms with E-state index in [2.05, 4.69) is 64.1 Å². The van der Waals surface area contributed by atoms with Gasteiger partial charge in [-0.3, -0.25) is 0 Å². The number of aromatic nitrogens is 2. The number of hydrogen-bond acceptors (Lipinski definition) is 4. The van der Waals surface area contributed by atoms with Crippen molar-refractivity contribution in [2.24, 2.45) is 0 Å². The lowest BCUT2D eigenvalue weighted by Gasteiger charge is -2.13. The van der Waals surface area contributed by atoms with Gasteiger partial charge in [-0.05, 0) is 42.7 Å². The lowest BCUT2D eigenvalue weighted by molar-refractivity contribution is 0.587. The minimum atomic E-state index is 0.0919. The first-order chi connectivity index (χ1) is 12.4. The zero-order valence-corrected chi connectivity index (χ0v) is 17.4.